The van der Waals surface area contributed by atoms with E-state index in [1.807, 2.05) is 119 Å². The summed E-state index contributed by atoms with van der Waals surface area (Å²) in [4.78, 5) is 3.83. The number of hydrogen-bond donors (Lipinski definition) is 4. The molecule has 368 valence electrons. The first kappa shape index (κ1) is 61.0. The second-order valence-corrected chi connectivity index (χ2v) is 15.6. The summed E-state index contributed by atoms with van der Waals surface area (Å²) in [5, 5.41) is 12.5. The first-order valence-corrected chi connectivity index (χ1v) is 24.4. The highest BCUT2D eigenvalue weighted by Gasteiger charge is 2.03. The Hall–Kier alpha value is -7.99. The third kappa shape index (κ3) is 26.4. The molecular weight excluding hydrogens is 863 g/mol. The summed E-state index contributed by atoms with van der Waals surface area (Å²) in [5.41, 5.74) is 25.7. The van der Waals surface area contributed by atoms with E-state index in [0.29, 0.717) is 18.3 Å². The van der Waals surface area contributed by atoms with E-state index < -0.39 is 0 Å². The molecule has 5 heteroatoms. The second kappa shape index (κ2) is 38.9. The standard InChI is InChI=1S/C21H23N3.C13H13N.C13H12.2C7H8.2C2H6.CH3N/c1-16(2)7-3-4-8-17-9-5-10-18(13-17)19-11-6-12-20(14-19)21(23)24-15-22;14-10-11-6-8-13(9-7-11)12-4-2-1-3-5-12;1-11-6-5-9-13(10-11)12-7-3-2-4-8-12;2*1-7-5-3-2-4-6-7;3*1-2/h3-16H,1-2H3,(H3,22,23,24);1-9H,10,14H2;2-10H,1H3;2*2-6H,1H3;2*1-2H3;2H,1H2/b7-3-,8-4+;;;;;;;. The van der Waals surface area contributed by atoms with Crippen molar-refractivity contribution in [1.82, 2.24) is 0 Å². The molecule has 0 aliphatic rings. The fourth-order valence-corrected chi connectivity index (χ4v) is 6.26. The van der Waals surface area contributed by atoms with Crippen LogP contribution in [0.2, 0.25) is 0 Å². The van der Waals surface area contributed by atoms with Crippen LogP contribution in [-0.4, -0.2) is 18.9 Å². The highest BCUT2D eigenvalue weighted by atomic mass is 14.9. The highest BCUT2D eigenvalue weighted by molar-refractivity contribution is 6.01. The molecule has 0 saturated heterocycles. The number of nitrogens with one attached hydrogen (secondary N) is 2. The lowest BCUT2D eigenvalue weighted by Gasteiger charge is -2.06. The number of allylic oxidation sites excluding steroid dienone is 3. The van der Waals surface area contributed by atoms with Crippen LogP contribution in [0.25, 0.3) is 39.5 Å². The summed E-state index contributed by atoms with van der Waals surface area (Å²) >= 11 is 0. The number of amidine groups is 1. The van der Waals surface area contributed by atoms with E-state index in [1.54, 1.807) is 0 Å². The molecule has 0 spiro atoms. The monoisotopic (exact) mass is 942 g/mol. The second-order valence-electron chi connectivity index (χ2n) is 15.6. The number of aliphatic imine (C=N–C) groups is 1. The molecule has 0 saturated carbocycles. The van der Waals surface area contributed by atoms with Crippen molar-refractivity contribution >= 4 is 25.0 Å². The molecule has 0 heterocycles. The maximum atomic E-state index is 7.03. The first-order valence-electron chi connectivity index (χ1n) is 24.4. The molecule has 6 N–H and O–H groups in total. The van der Waals surface area contributed by atoms with Gasteiger partial charge in [0.05, 0.1) is 0 Å². The van der Waals surface area contributed by atoms with Gasteiger partial charge in [-0.05, 0) is 90.0 Å². The van der Waals surface area contributed by atoms with Gasteiger partial charge in [-0.2, -0.15) is 0 Å². The van der Waals surface area contributed by atoms with Gasteiger partial charge in [0.15, 0.2) is 0 Å². The van der Waals surface area contributed by atoms with Crippen molar-refractivity contribution in [3.63, 3.8) is 0 Å². The van der Waals surface area contributed by atoms with Crippen LogP contribution >= 0.6 is 0 Å². The maximum Gasteiger partial charge on any atom is 0.132 e. The molecular formula is C66H79N5. The third-order valence-electron chi connectivity index (χ3n) is 9.78. The Labute approximate surface area is 428 Å². The molecule has 8 rings (SSSR count). The van der Waals surface area contributed by atoms with Gasteiger partial charge in [-0.25, -0.2) is 4.99 Å². The van der Waals surface area contributed by atoms with E-state index in [-0.39, 0.29) is 0 Å². The Kier molecular flexibility index (Phi) is 33.5. The fraction of sp³-hybridized carbons (Fsp3) is 0.167. The van der Waals surface area contributed by atoms with E-state index >= 15 is 0 Å². The van der Waals surface area contributed by atoms with Crippen LogP contribution in [0.1, 0.15) is 74.9 Å². The summed E-state index contributed by atoms with van der Waals surface area (Å²) in [6.07, 6.45) is 9.35. The zero-order chi connectivity index (χ0) is 52.5. The maximum absolute atomic E-state index is 7.03. The zero-order valence-corrected chi connectivity index (χ0v) is 43.8. The lowest BCUT2D eigenvalue weighted by molar-refractivity contribution is 0.832. The van der Waals surface area contributed by atoms with E-state index in [1.165, 1.54) is 44.5 Å². The molecule has 71 heavy (non-hydrogen) atoms. The average molecular weight is 942 g/mol. The van der Waals surface area contributed by atoms with Crippen molar-refractivity contribution in [3.05, 3.63) is 270 Å². The minimum absolute atomic E-state index is 0.349. The van der Waals surface area contributed by atoms with Crippen LogP contribution in [0.3, 0.4) is 0 Å². The smallest absolute Gasteiger partial charge is 0.132 e. The first-order chi connectivity index (χ1) is 34.6. The van der Waals surface area contributed by atoms with Gasteiger partial charge in [0.2, 0.25) is 0 Å². The van der Waals surface area contributed by atoms with Gasteiger partial charge in [0, 0.05) is 12.1 Å². The lowest BCUT2D eigenvalue weighted by Crippen LogP contribution is -2.13. The van der Waals surface area contributed by atoms with Gasteiger partial charge in [-0.15, -0.1) is 0 Å². The predicted molar refractivity (Wildman–Crippen MR) is 316 cm³/mol. The summed E-state index contributed by atoms with van der Waals surface area (Å²) in [6, 6.07) is 74.4. The number of aryl methyl sites for hydroxylation is 3. The van der Waals surface area contributed by atoms with Gasteiger partial charge in [-0.1, -0.05) is 289 Å². The van der Waals surface area contributed by atoms with Crippen LogP contribution in [0.4, 0.5) is 0 Å². The summed E-state index contributed by atoms with van der Waals surface area (Å²) in [6.45, 7) is 21.7. The molecule has 8 aromatic carbocycles. The van der Waals surface area contributed by atoms with Crippen molar-refractivity contribution in [3.8, 4) is 33.4 Å². The number of nitrogens with two attached hydrogens (primary N) is 2. The summed E-state index contributed by atoms with van der Waals surface area (Å²) in [7, 11) is 0. The Morgan fingerprint density at radius 3 is 1.31 bits per heavy atom. The normalized spacial score (nSPS) is 9.93. The van der Waals surface area contributed by atoms with Gasteiger partial charge < -0.3 is 16.9 Å². The van der Waals surface area contributed by atoms with Crippen LogP contribution in [0, 0.1) is 37.5 Å². The van der Waals surface area contributed by atoms with Crippen LogP contribution < -0.4 is 11.5 Å². The van der Waals surface area contributed by atoms with E-state index in [9.17, 15) is 0 Å². The predicted octanol–water partition coefficient (Wildman–Crippen LogP) is 17.7. The van der Waals surface area contributed by atoms with E-state index in [4.69, 9.17) is 22.3 Å². The average Bonchev–Trinajstić information content (AvgIpc) is 3.43. The van der Waals surface area contributed by atoms with Crippen molar-refractivity contribution in [2.75, 3.05) is 0 Å². The summed E-state index contributed by atoms with van der Waals surface area (Å²) < 4.78 is 0. The Morgan fingerprint density at radius 1 is 0.479 bits per heavy atom. The van der Waals surface area contributed by atoms with E-state index in [2.05, 4.69) is 198 Å². The molecule has 0 aliphatic heterocycles. The van der Waals surface area contributed by atoms with Gasteiger partial charge in [0.25, 0.3) is 0 Å². The quantitative estimate of drug-likeness (QED) is 0.0656. The molecule has 8 aromatic rings. The highest BCUT2D eigenvalue weighted by Crippen LogP contribution is 2.23. The zero-order valence-electron chi connectivity index (χ0n) is 43.8. The Balaban J connectivity index is 0.000000461. The van der Waals surface area contributed by atoms with Crippen molar-refractivity contribution in [2.24, 2.45) is 22.4 Å². The molecule has 0 fully saturated rings. The largest absolute Gasteiger partial charge is 0.383 e. The Bertz CT molecular complexity index is 2610. The molecule has 0 bridgehead atoms. The third-order valence-corrected chi connectivity index (χ3v) is 9.78. The van der Waals surface area contributed by atoms with Crippen LogP contribution in [0.5, 0.6) is 0 Å². The van der Waals surface area contributed by atoms with Gasteiger partial charge in [0.1, 0.15) is 12.2 Å². The fourth-order valence-electron chi connectivity index (χ4n) is 6.26. The molecule has 0 aromatic heterocycles. The molecule has 0 unspecified atom stereocenters. The van der Waals surface area contributed by atoms with Crippen molar-refractivity contribution in [2.45, 2.75) is 68.9 Å². The van der Waals surface area contributed by atoms with Gasteiger partial charge >= 0.3 is 0 Å². The lowest BCUT2D eigenvalue weighted by atomic mass is 10.0. The molecule has 5 nitrogen and oxygen atoms in total. The van der Waals surface area contributed by atoms with Crippen LogP contribution in [-0.2, 0) is 6.54 Å². The van der Waals surface area contributed by atoms with Gasteiger partial charge in [-0.3, -0.25) is 5.41 Å². The molecule has 0 radical (unpaired) electrons. The van der Waals surface area contributed by atoms with Crippen LogP contribution in [0.15, 0.2) is 242 Å². The molecule has 0 aliphatic carbocycles. The van der Waals surface area contributed by atoms with Crippen molar-refractivity contribution in [1.29, 1.82) is 10.8 Å². The molecule has 0 amide bonds. The topological polar surface area (TPSA) is 112 Å². The van der Waals surface area contributed by atoms with E-state index in [0.717, 1.165) is 28.6 Å². The number of rotatable bonds is 9. The number of benzene rings is 8. The molecule has 0 atom stereocenters. The SMILES string of the molecule is C=N.CC.CC.CC(C)/C=C\C=C\c1cccc(-c2cccc(C(N)=NC=N)c2)c1.Cc1cccc(-c2ccccc2)c1.Cc1ccccc1.Cc1ccccc1.NCc1ccc(-c2ccccc2)cc1. The minimum atomic E-state index is 0.349. The number of hydrogen-bond acceptors (Lipinski definition) is 3. The number of nitrogens with zero attached hydrogens (tertiary/aromatic N) is 1. The van der Waals surface area contributed by atoms with Crippen molar-refractivity contribution < 1.29 is 0 Å². The Morgan fingerprint density at radius 2 is 0.873 bits per heavy atom. The summed E-state index contributed by atoms with van der Waals surface area (Å²) in [5.74, 6) is 0.901. The minimum Gasteiger partial charge on any atom is -0.383 e.